The van der Waals surface area contributed by atoms with Gasteiger partial charge in [0.15, 0.2) is 5.76 Å². The number of carbonyl (C=O) groups is 1. The van der Waals surface area contributed by atoms with Gasteiger partial charge in [0, 0.05) is 24.0 Å². The van der Waals surface area contributed by atoms with Crippen LogP contribution in [0.1, 0.15) is 38.1 Å². The minimum atomic E-state index is -0.882. The second-order valence-electron chi connectivity index (χ2n) is 6.75. The largest absolute Gasteiger partial charge is 0.377 e. The van der Waals surface area contributed by atoms with E-state index in [2.05, 4.69) is 10.5 Å². The summed E-state index contributed by atoms with van der Waals surface area (Å²) in [6.07, 6.45) is 1.99. The zero-order chi connectivity index (χ0) is 15.3. The van der Waals surface area contributed by atoms with E-state index < -0.39 is 5.54 Å². The lowest BCUT2D eigenvalue weighted by molar-refractivity contribution is -0.225. The van der Waals surface area contributed by atoms with Crippen molar-refractivity contribution >= 4 is 18.3 Å². The van der Waals surface area contributed by atoms with E-state index >= 15 is 0 Å². The molecule has 0 aromatic carbocycles. The van der Waals surface area contributed by atoms with E-state index in [1.54, 1.807) is 0 Å². The standard InChI is InChI=1S/C15H23N3O3.ClH/c1-9-7-10(21-18-9)8-17-13(19)15(16)11-5-4-6-20-12(11)14(15,2)3;/h7,11-12H,4-6,8,16H2,1-3H3,(H,17,19);1H. The van der Waals surface area contributed by atoms with Gasteiger partial charge >= 0.3 is 0 Å². The Morgan fingerprint density at radius 1 is 1.55 bits per heavy atom. The molecule has 1 aromatic rings. The van der Waals surface area contributed by atoms with Crippen LogP contribution in [0.15, 0.2) is 10.6 Å². The highest BCUT2D eigenvalue weighted by atomic mass is 35.5. The number of nitrogens with one attached hydrogen (secondary N) is 1. The van der Waals surface area contributed by atoms with Crippen molar-refractivity contribution in [3.05, 3.63) is 17.5 Å². The molecule has 7 heteroatoms. The quantitative estimate of drug-likeness (QED) is 0.878. The highest BCUT2D eigenvalue weighted by molar-refractivity contribution is 5.89. The number of hydrogen-bond donors (Lipinski definition) is 2. The van der Waals surface area contributed by atoms with Gasteiger partial charge < -0.3 is 20.3 Å². The Morgan fingerprint density at radius 3 is 2.91 bits per heavy atom. The monoisotopic (exact) mass is 329 g/mol. The molecule has 1 aromatic heterocycles. The number of fused-ring (bicyclic) bond motifs is 1. The molecule has 1 aliphatic heterocycles. The second-order valence-corrected chi connectivity index (χ2v) is 6.75. The Bertz CT molecular complexity index is 560. The van der Waals surface area contributed by atoms with E-state index in [9.17, 15) is 4.79 Å². The molecule has 3 atom stereocenters. The lowest BCUT2D eigenvalue weighted by Gasteiger charge is -2.65. The predicted octanol–water partition coefficient (Wildman–Crippen LogP) is 1.55. The van der Waals surface area contributed by atoms with Gasteiger partial charge in [0.25, 0.3) is 0 Å². The topological polar surface area (TPSA) is 90.4 Å². The maximum atomic E-state index is 12.6. The van der Waals surface area contributed by atoms with Crippen LogP contribution >= 0.6 is 12.4 Å². The summed E-state index contributed by atoms with van der Waals surface area (Å²) in [4.78, 5) is 12.6. The van der Waals surface area contributed by atoms with Crippen LogP contribution in [0.3, 0.4) is 0 Å². The van der Waals surface area contributed by atoms with Gasteiger partial charge in [-0.3, -0.25) is 4.79 Å². The number of halogens is 1. The fourth-order valence-corrected chi connectivity index (χ4v) is 3.85. The van der Waals surface area contributed by atoms with Crippen molar-refractivity contribution in [1.82, 2.24) is 10.5 Å². The van der Waals surface area contributed by atoms with Crippen molar-refractivity contribution in [3.8, 4) is 0 Å². The van der Waals surface area contributed by atoms with E-state index in [4.69, 9.17) is 15.0 Å². The van der Waals surface area contributed by atoms with E-state index in [1.807, 2.05) is 26.8 Å². The third-order valence-electron chi connectivity index (χ3n) is 5.16. The number of aromatic nitrogens is 1. The molecule has 1 saturated carbocycles. The number of nitrogens with two attached hydrogens (primary N) is 1. The fourth-order valence-electron chi connectivity index (χ4n) is 3.85. The van der Waals surface area contributed by atoms with Crippen LogP contribution in [-0.4, -0.2) is 29.3 Å². The van der Waals surface area contributed by atoms with Crippen LogP contribution in [0.4, 0.5) is 0 Å². The Labute approximate surface area is 136 Å². The summed E-state index contributed by atoms with van der Waals surface area (Å²) in [5.41, 5.74) is 6.06. The average Bonchev–Trinajstić information content (AvgIpc) is 2.89. The highest BCUT2D eigenvalue weighted by Gasteiger charge is 2.70. The lowest BCUT2D eigenvalue weighted by Crippen LogP contribution is -2.82. The van der Waals surface area contributed by atoms with Crippen molar-refractivity contribution in [1.29, 1.82) is 0 Å². The molecular formula is C15H24ClN3O3. The molecule has 6 nitrogen and oxygen atoms in total. The van der Waals surface area contributed by atoms with Crippen LogP contribution < -0.4 is 11.1 Å². The van der Waals surface area contributed by atoms with Gasteiger partial charge in [0.2, 0.25) is 5.91 Å². The molecule has 1 aliphatic carbocycles. The predicted molar refractivity (Wildman–Crippen MR) is 83.5 cm³/mol. The Balaban J connectivity index is 0.00000176. The molecule has 0 radical (unpaired) electrons. The van der Waals surface area contributed by atoms with E-state index in [0.717, 1.165) is 25.1 Å². The molecular weight excluding hydrogens is 306 g/mol. The molecule has 3 unspecified atom stereocenters. The van der Waals surface area contributed by atoms with Crippen molar-refractivity contribution in [2.24, 2.45) is 17.1 Å². The smallest absolute Gasteiger partial charge is 0.241 e. The van der Waals surface area contributed by atoms with Crippen LogP contribution in [0.2, 0.25) is 0 Å². The number of aryl methyl sites for hydroxylation is 1. The van der Waals surface area contributed by atoms with Crippen molar-refractivity contribution in [3.63, 3.8) is 0 Å². The minimum Gasteiger partial charge on any atom is -0.377 e. The third-order valence-corrected chi connectivity index (χ3v) is 5.16. The number of carbonyl (C=O) groups excluding carboxylic acids is 1. The number of ether oxygens (including phenoxy) is 1. The van der Waals surface area contributed by atoms with Gasteiger partial charge in [0.05, 0.1) is 18.3 Å². The molecule has 0 bridgehead atoms. The van der Waals surface area contributed by atoms with E-state index in [0.29, 0.717) is 12.3 Å². The molecule has 1 amide bonds. The van der Waals surface area contributed by atoms with Gasteiger partial charge in [-0.05, 0) is 19.8 Å². The summed E-state index contributed by atoms with van der Waals surface area (Å²) in [5.74, 6) is 0.601. The zero-order valence-corrected chi connectivity index (χ0v) is 14.0. The second kappa shape index (κ2) is 5.83. The maximum Gasteiger partial charge on any atom is 0.241 e. The fraction of sp³-hybridized carbons (Fsp3) is 0.733. The zero-order valence-electron chi connectivity index (χ0n) is 13.2. The molecule has 2 aliphatic rings. The summed E-state index contributed by atoms with van der Waals surface area (Å²) in [5, 5.41) is 6.70. The lowest BCUT2D eigenvalue weighted by atomic mass is 9.46. The Hall–Kier alpha value is -1.11. The molecule has 124 valence electrons. The Kier molecular flexibility index (Phi) is 4.57. The Morgan fingerprint density at radius 2 is 2.27 bits per heavy atom. The van der Waals surface area contributed by atoms with Gasteiger partial charge in [-0.15, -0.1) is 12.4 Å². The van der Waals surface area contributed by atoms with Crippen LogP contribution in [0.25, 0.3) is 0 Å². The highest BCUT2D eigenvalue weighted by Crippen LogP contribution is 2.57. The van der Waals surface area contributed by atoms with Crippen LogP contribution in [-0.2, 0) is 16.1 Å². The average molecular weight is 330 g/mol. The number of rotatable bonds is 3. The summed E-state index contributed by atoms with van der Waals surface area (Å²) < 4.78 is 10.9. The minimum absolute atomic E-state index is 0. The normalized spacial score (nSPS) is 32.4. The van der Waals surface area contributed by atoms with Crippen LogP contribution in [0.5, 0.6) is 0 Å². The van der Waals surface area contributed by atoms with Gasteiger partial charge in [0.1, 0.15) is 5.54 Å². The number of hydrogen-bond acceptors (Lipinski definition) is 5. The van der Waals surface area contributed by atoms with E-state index in [1.165, 1.54) is 0 Å². The molecule has 22 heavy (non-hydrogen) atoms. The number of amides is 1. The first-order chi connectivity index (χ1) is 9.87. The van der Waals surface area contributed by atoms with Gasteiger partial charge in [-0.2, -0.15) is 0 Å². The molecule has 2 fully saturated rings. The molecule has 3 N–H and O–H groups in total. The first kappa shape index (κ1) is 17.2. The maximum absolute atomic E-state index is 12.6. The summed E-state index contributed by atoms with van der Waals surface area (Å²) in [6.45, 7) is 6.94. The summed E-state index contributed by atoms with van der Waals surface area (Å²) >= 11 is 0. The number of nitrogens with zero attached hydrogens (tertiary/aromatic N) is 1. The molecule has 3 rings (SSSR count). The van der Waals surface area contributed by atoms with Crippen molar-refractivity contribution < 1.29 is 14.1 Å². The van der Waals surface area contributed by atoms with Crippen molar-refractivity contribution in [2.45, 2.75) is 51.8 Å². The molecule has 2 heterocycles. The van der Waals surface area contributed by atoms with Crippen LogP contribution in [0, 0.1) is 18.3 Å². The third kappa shape index (κ3) is 2.33. The molecule has 0 spiro atoms. The van der Waals surface area contributed by atoms with Gasteiger partial charge in [-0.25, -0.2) is 0 Å². The van der Waals surface area contributed by atoms with E-state index in [-0.39, 0.29) is 35.8 Å². The summed E-state index contributed by atoms with van der Waals surface area (Å²) in [6, 6.07) is 1.81. The summed E-state index contributed by atoms with van der Waals surface area (Å²) in [7, 11) is 0. The first-order valence-corrected chi connectivity index (χ1v) is 7.48. The SMILES string of the molecule is Cc1cc(CNC(=O)C2(N)C3CCCOC3C2(C)C)on1.Cl. The molecule has 1 saturated heterocycles. The van der Waals surface area contributed by atoms with Gasteiger partial charge in [-0.1, -0.05) is 19.0 Å². The first-order valence-electron chi connectivity index (χ1n) is 7.48. The van der Waals surface area contributed by atoms with Crippen molar-refractivity contribution in [2.75, 3.05) is 6.61 Å².